The summed E-state index contributed by atoms with van der Waals surface area (Å²) >= 11 is 0. The second-order valence-electron chi connectivity index (χ2n) is 4.17. The molecule has 5 nitrogen and oxygen atoms in total. The lowest BCUT2D eigenvalue weighted by atomic mass is 10.3. The van der Waals surface area contributed by atoms with Gasteiger partial charge >= 0.3 is 0 Å². The average molecular weight is 272 g/mol. The fourth-order valence-electron chi connectivity index (χ4n) is 1.78. The van der Waals surface area contributed by atoms with Gasteiger partial charge in [-0.15, -0.1) is 5.10 Å². The molecule has 20 heavy (non-hydrogen) atoms. The number of aromatic nitrogens is 3. The maximum absolute atomic E-state index is 13.0. The number of hydrogen-bond donors (Lipinski definition) is 1. The Morgan fingerprint density at radius 3 is 2.85 bits per heavy atom. The number of ether oxygens (including phenoxy) is 1. The maximum atomic E-state index is 13.0. The van der Waals surface area contributed by atoms with Gasteiger partial charge in [-0.1, -0.05) is 18.2 Å². The Hall–Kier alpha value is -2.63. The quantitative estimate of drug-likeness (QED) is 0.724. The summed E-state index contributed by atoms with van der Waals surface area (Å²) in [7, 11) is 0. The number of para-hydroxylation sites is 1. The predicted octanol–water partition coefficient (Wildman–Crippen LogP) is 2.36. The van der Waals surface area contributed by atoms with E-state index in [1.165, 1.54) is 16.8 Å². The SMILES string of the molecule is Fc1ccc2nc(NCCOc3ccccc3)nn2c1. The number of hydrogen-bond acceptors (Lipinski definition) is 4. The summed E-state index contributed by atoms with van der Waals surface area (Å²) in [6, 6.07) is 12.5. The Morgan fingerprint density at radius 2 is 2.00 bits per heavy atom. The first-order valence-corrected chi connectivity index (χ1v) is 6.25. The van der Waals surface area contributed by atoms with Crippen LogP contribution in [0.5, 0.6) is 5.75 Å². The first-order chi connectivity index (χ1) is 9.81. The molecule has 1 N–H and O–H groups in total. The third-order valence-electron chi connectivity index (χ3n) is 2.69. The second-order valence-corrected chi connectivity index (χ2v) is 4.17. The summed E-state index contributed by atoms with van der Waals surface area (Å²) < 4.78 is 19.9. The zero-order valence-electron chi connectivity index (χ0n) is 10.7. The van der Waals surface area contributed by atoms with Gasteiger partial charge in [0, 0.05) is 0 Å². The molecule has 1 aromatic carbocycles. The standard InChI is InChI=1S/C14H13FN4O/c15-11-6-7-13-17-14(18-19(13)10-11)16-8-9-20-12-4-2-1-3-5-12/h1-7,10H,8-9H2,(H,16,18). The van der Waals surface area contributed by atoms with Crippen LogP contribution < -0.4 is 10.1 Å². The summed E-state index contributed by atoms with van der Waals surface area (Å²) in [4.78, 5) is 4.22. The van der Waals surface area contributed by atoms with Crippen LogP contribution >= 0.6 is 0 Å². The van der Waals surface area contributed by atoms with Crippen molar-refractivity contribution in [2.24, 2.45) is 0 Å². The lowest BCUT2D eigenvalue weighted by Crippen LogP contribution is -2.12. The van der Waals surface area contributed by atoms with Gasteiger partial charge in [0.1, 0.15) is 18.2 Å². The van der Waals surface area contributed by atoms with Gasteiger partial charge in [0.15, 0.2) is 5.65 Å². The number of pyridine rings is 1. The van der Waals surface area contributed by atoms with Crippen molar-refractivity contribution < 1.29 is 9.13 Å². The molecule has 0 unspecified atom stereocenters. The van der Waals surface area contributed by atoms with E-state index in [-0.39, 0.29) is 5.82 Å². The van der Waals surface area contributed by atoms with Gasteiger partial charge < -0.3 is 10.1 Å². The summed E-state index contributed by atoms with van der Waals surface area (Å²) in [5.74, 6) is 0.924. The van der Waals surface area contributed by atoms with E-state index < -0.39 is 0 Å². The number of anilines is 1. The summed E-state index contributed by atoms with van der Waals surface area (Å²) in [6.07, 6.45) is 1.29. The third kappa shape index (κ3) is 2.85. The molecule has 0 atom stereocenters. The number of fused-ring (bicyclic) bond motifs is 1. The molecule has 0 fully saturated rings. The van der Waals surface area contributed by atoms with E-state index in [0.717, 1.165) is 5.75 Å². The van der Waals surface area contributed by atoms with Crippen LogP contribution in [-0.4, -0.2) is 27.7 Å². The highest BCUT2D eigenvalue weighted by molar-refractivity contribution is 5.43. The first-order valence-electron chi connectivity index (χ1n) is 6.25. The molecule has 0 aliphatic rings. The molecule has 0 aliphatic heterocycles. The van der Waals surface area contributed by atoms with Crippen molar-refractivity contribution in [3.05, 3.63) is 54.5 Å². The van der Waals surface area contributed by atoms with Crippen molar-refractivity contribution in [1.29, 1.82) is 0 Å². The molecule has 3 aromatic rings. The van der Waals surface area contributed by atoms with E-state index in [9.17, 15) is 4.39 Å². The zero-order valence-corrected chi connectivity index (χ0v) is 10.7. The number of halogens is 1. The van der Waals surface area contributed by atoms with E-state index in [1.807, 2.05) is 30.3 Å². The van der Waals surface area contributed by atoms with Gasteiger partial charge in [-0.3, -0.25) is 0 Å². The molecule has 3 rings (SSSR count). The van der Waals surface area contributed by atoms with Gasteiger partial charge in [-0.2, -0.15) is 4.98 Å². The number of nitrogens with one attached hydrogen (secondary N) is 1. The molecule has 2 aromatic heterocycles. The maximum Gasteiger partial charge on any atom is 0.243 e. The van der Waals surface area contributed by atoms with Crippen LogP contribution in [0.1, 0.15) is 0 Å². The normalized spacial score (nSPS) is 10.7. The highest BCUT2D eigenvalue weighted by atomic mass is 19.1. The van der Waals surface area contributed by atoms with Gasteiger partial charge in [0.05, 0.1) is 12.7 Å². The minimum Gasteiger partial charge on any atom is -0.492 e. The van der Waals surface area contributed by atoms with Crippen LogP contribution in [0, 0.1) is 5.82 Å². The Kier molecular flexibility index (Phi) is 3.45. The van der Waals surface area contributed by atoms with Crippen molar-refractivity contribution in [2.45, 2.75) is 0 Å². The lowest BCUT2D eigenvalue weighted by Gasteiger charge is -2.05. The van der Waals surface area contributed by atoms with Gasteiger partial charge in [-0.25, -0.2) is 8.91 Å². The van der Waals surface area contributed by atoms with E-state index in [4.69, 9.17) is 4.74 Å². The second kappa shape index (κ2) is 5.56. The van der Waals surface area contributed by atoms with Crippen LogP contribution in [0.3, 0.4) is 0 Å². The van der Waals surface area contributed by atoms with Crippen molar-refractivity contribution in [2.75, 3.05) is 18.5 Å². The zero-order chi connectivity index (χ0) is 13.8. The van der Waals surface area contributed by atoms with Crippen LogP contribution in [0.4, 0.5) is 10.3 Å². The molecule has 0 saturated heterocycles. The third-order valence-corrected chi connectivity index (χ3v) is 2.69. The smallest absolute Gasteiger partial charge is 0.243 e. The van der Waals surface area contributed by atoms with E-state index in [1.54, 1.807) is 6.07 Å². The predicted molar refractivity (Wildman–Crippen MR) is 73.4 cm³/mol. The number of benzene rings is 1. The van der Waals surface area contributed by atoms with Crippen LogP contribution in [-0.2, 0) is 0 Å². The van der Waals surface area contributed by atoms with Crippen LogP contribution in [0.2, 0.25) is 0 Å². The molecular weight excluding hydrogens is 259 g/mol. The van der Waals surface area contributed by atoms with E-state index >= 15 is 0 Å². The molecule has 6 heteroatoms. The molecule has 0 aliphatic carbocycles. The first kappa shape index (κ1) is 12.4. The van der Waals surface area contributed by atoms with Gasteiger partial charge in [0.2, 0.25) is 5.95 Å². The Bertz CT molecular complexity index is 699. The minimum atomic E-state index is -0.346. The largest absolute Gasteiger partial charge is 0.492 e. The Morgan fingerprint density at radius 1 is 1.15 bits per heavy atom. The van der Waals surface area contributed by atoms with Gasteiger partial charge in [-0.05, 0) is 24.3 Å². The molecule has 0 spiro atoms. The van der Waals surface area contributed by atoms with Gasteiger partial charge in [0.25, 0.3) is 0 Å². The number of rotatable bonds is 5. The van der Waals surface area contributed by atoms with Crippen molar-refractivity contribution >= 4 is 11.6 Å². The Balaban J connectivity index is 1.55. The number of nitrogens with zero attached hydrogens (tertiary/aromatic N) is 3. The van der Waals surface area contributed by atoms with E-state index in [2.05, 4.69) is 15.4 Å². The van der Waals surface area contributed by atoms with Crippen LogP contribution in [0.15, 0.2) is 48.7 Å². The molecule has 0 amide bonds. The van der Waals surface area contributed by atoms with Crippen molar-refractivity contribution in [3.63, 3.8) is 0 Å². The Labute approximate surface area is 115 Å². The summed E-state index contributed by atoms with van der Waals surface area (Å²) in [5, 5.41) is 7.15. The molecule has 0 bridgehead atoms. The minimum absolute atomic E-state index is 0.346. The van der Waals surface area contributed by atoms with E-state index in [0.29, 0.717) is 24.7 Å². The fourth-order valence-corrected chi connectivity index (χ4v) is 1.78. The molecule has 0 saturated carbocycles. The topological polar surface area (TPSA) is 51.5 Å². The summed E-state index contributed by atoms with van der Waals surface area (Å²) in [5.41, 5.74) is 0.595. The highest BCUT2D eigenvalue weighted by Gasteiger charge is 2.03. The van der Waals surface area contributed by atoms with Crippen molar-refractivity contribution in [3.8, 4) is 5.75 Å². The average Bonchev–Trinajstić information content (AvgIpc) is 2.86. The highest BCUT2D eigenvalue weighted by Crippen LogP contribution is 2.08. The van der Waals surface area contributed by atoms with Crippen LogP contribution in [0.25, 0.3) is 5.65 Å². The fraction of sp³-hybridized carbons (Fsp3) is 0.143. The summed E-state index contributed by atoms with van der Waals surface area (Å²) in [6.45, 7) is 1.06. The monoisotopic (exact) mass is 272 g/mol. The van der Waals surface area contributed by atoms with Crippen molar-refractivity contribution in [1.82, 2.24) is 14.6 Å². The molecule has 0 radical (unpaired) electrons. The molecule has 2 heterocycles. The molecular formula is C14H13FN4O. The lowest BCUT2D eigenvalue weighted by molar-refractivity contribution is 0.332. The molecule has 102 valence electrons.